The van der Waals surface area contributed by atoms with Crippen LogP contribution in [-0.2, 0) is 5.72 Å². The molecule has 1 aliphatic carbocycles. The Morgan fingerprint density at radius 1 is 1.03 bits per heavy atom. The van der Waals surface area contributed by atoms with Gasteiger partial charge in [0, 0.05) is 48.2 Å². The number of rotatable bonds is 5. The summed E-state index contributed by atoms with van der Waals surface area (Å²) in [4.78, 5) is 37.4. The molecule has 1 saturated carbocycles. The molecule has 2 aliphatic rings. The maximum atomic E-state index is 13.9. The molecular formula is C30H31N5O4. The van der Waals surface area contributed by atoms with Crippen LogP contribution in [0.15, 0.2) is 66.7 Å². The van der Waals surface area contributed by atoms with Crippen LogP contribution in [0.1, 0.15) is 53.6 Å². The van der Waals surface area contributed by atoms with Gasteiger partial charge in [-0.25, -0.2) is 9.78 Å². The van der Waals surface area contributed by atoms with Crippen LogP contribution < -0.4 is 14.7 Å². The minimum absolute atomic E-state index is 0.167. The van der Waals surface area contributed by atoms with E-state index in [4.69, 9.17) is 0 Å². The fourth-order valence-electron chi connectivity index (χ4n) is 5.94. The topological polar surface area (TPSA) is 113 Å². The van der Waals surface area contributed by atoms with Crippen molar-refractivity contribution in [3.63, 3.8) is 0 Å². The first-order chi connectivity index (χ1) is 18.8. The lowest BCUT2D eigenvalue weighted by atomic mass is 9.93. The number of anilines is 3. The van der Waals surface area contributed by atoms with Gasteiger partial charge in [-0.3, -0.25) is 14.6 Å². The number of aromatic nitrogens is 2. The fraction of sp³-hybridized carbons (Fsp3) is 0.300. The zero-order chi connectivity index (χ0) is 27.3. The number of nitrogens with zero attached hydrogens (tertiary/aromatic N) is 4. The van der Waals surface area contributed by atoms with Crippen LogP contribution >= 0.6 is 0 Å². The molecule has 3 N–H and O–H groups in total. The highest BCUT2D eigenvalue weighted by Crippen LogP contribution is 2.46. The van der Waals surface area contributed by atoms with Crippen LogP contribution in [0.2, 0.25) is 0 Å². The molecule has 200 valence electrons. The second-order valence-electron chi connectivity index (χ2n) is 10.4. The van der Waals surface area contributed by atoms with E-state index in [-0.39, 0.29) is 11.9 Å². The van der Waals surface area contributed by atoms with E-state index in [1.807, 2.05) is 30.3 Å². The number of aliphatic hydroxyl groups is 1. The predicted octanol–water partition coefficient (Wildman–Crippen LogP) is 5.30. The van der Waals surface area contributed by atoms with E-state index < -0.39 is 11.8 Å². The third-order valence-corrected chi connectivity index (χ3v) is 8.15. The number of imidazole rings is 1. The van der Waals surface area contributed by atoms with Gasteiger partial charge in [-0.05, 0) is 49.2 Å². The Labute approximate surface area is 226 Å². The fourth-order valence-corrected chi connectivity index (χ4v) is 5.94. The summed E-state index contributed by atoms with van der Waals surface area (Å²) in [5.74, 6) is -0.124. The van der Waals surface area contributed by atoms with Gasteiger partial charge < -0.3 is 20.1 Å². The van der Waals surface area contributed by atoms with E-state index in [0.717, 1.165) is 23.4 Å². The summed E-state index contributed by atoms with van der Waals surface area (Å²) in [7, 11) is 3.50. The van der Waals surface area contributed by atoms with Crippen LogP contribution in [0.4, 0.5) is 22.1 Å². The van der Waals surface area contributed by atoms with Crippen LogP contribution in [0.3, 0.4) is 0 Å². The van der Waals surface area contributed by atoms with Gasteiger partial charge >= 0.3 is 6.09 Å². The summed E-state index contributed by atoms with van der Waals surface area (Å²) in [6.45, 7) is 0. The van der Waals surface area contributed by atoms with Crippen molar-refractivity contribution in [3.8, 4) is 0 Å². The highest BCUT2D eigenvalue weighted by atomic mass is 16.4. The van der Waals surface area contributed by atoms with E-state index in [0.29, 0.717) is 39.5 Å². The second-order valence-corrected chi connectivity index (χ2v) is 10.4. The maximum Gasteiger partial charge on any atom is 0.413 e. The molecule has 9 nitrogen and oxygen atoms in total. The number of carboxylic acid groups (broad SMARTS) is 1. The Hall–Kier alpha value is -4.37. The summed E-state index contributed by atoms with van der Waals surface area (Å²) >= 11 is 0. The lowest BCUT2D eigenvalue weighted by Crippen LogP contribution is -2.45. The lowest BCUT2D eigenvalue weighted by molar-refractivity contribution is 0.0704. The Kier molecular flexibility index (Phi) is 6.03. The zero-order valence-corrected chi connectivity index (χ0v) is 22.0. The molecule has 6 rings (SSSR count). The van der Waals surface area contributed by atoms with Crippen molar-refractivity contribution >= 4 is 40.4 Å². The molecule has 4 aromatic rings. The van der Waals surface area contributed by atoms with E-state index in [2.05, 4.69) is 21.9 Å². The summed E-state index contributed by atoms with van der Waals surface area (Å²) in [6.07, 6.45) is 4.84. The van der Waals surface area contributed by atoms with Gasteiger partial charge in [0.05, 0.1) is 11.0 Å². The summed E-state index contributed by atoms with van der Waals surface area (Å²) in [5, 5.41) is 21.8. The highest BCUT2D eigenvalue weighted by molar-refractivity contribution is 6.12. The van der Waals surface area contributed by atoms with Crippen molar-refractivity contribution in [2.24, 2.45) is 0 Å². The molecule has 0 radical (unpaired) electrons. The number of aromatic amines is 1. The molecule has 2 amide bonds. The molecule has 39 heavy (non-hydrogen) atoms. The molecular weight excluding hydrogens is 494 g/mol. The van der Waals surface area contributed by atoms with Gasteiger partial charge in [-0.15, -0.1) is 0 Å². The molecule has 0 bridgehead atoms. The first kappa shape index (κ1) is 24.9. The molecule has 1 unspecified atom stereocenters. The van der Waals surface area contributed by atoms with E-state index >= 15 is 0 Å². The van der Waals surface area contributed by atoms with Crippen molar-refractivity contribution in [2.75, 3.05) is 28.8 Å². The number of carbonyl (C=O) groups excluding carboxylic acids is 1. The Morgan fingerprint density at radius 3 is 2.56 bits per heavy atom. The Balaban J connectivity index is 1.46. The molecule has 1 aromatic heterocycles. The van der Waals surface area contributed by atoms with Gasteiger partial charge in [0.15, 0.2) is 5.72 Å². The van der Waals surface area contributed by atoms with Gasteiger partial charge in [0.2, 0.25) is 5.95 Å². The monoisotopic (exact) mass is 525 g/mol. The number of hydrogen-bond acceptors (Lipinski definition) is 5. The molecule has 1 atom stereocenters. The van der Waals surface area contributed by atoms with E-state index in [1.54, 1.807) is 36.4 Å². The summed E-state index contributed by atoms with van der Waals surface area (Å²) in [5.41, 5.74) is 2.29. The predicted molar refractivity (Wildman–Crippen MR) is 150 cm³/mol. The number of amides is 2. The molecule has 0 saturated heterocycles. The molecule has 1 aliphatic heterocycles. The normalized spacial score (nSPS) is 19.4. The largest absolute Gasteiger partial charge is 0.465 e. The van der Waals surface area contributed by atoms with Crippen molar-refractivity contribution in [3.05, 3.63) is 83.4 Å². The highest BCUT2D eigenvalue weighted by Gasteiger charge is 2.50. The van der Waals surface area contributed by atoms with Crippen molar-refractivity contribution in [1.82, 2.24) is 9.97 Å². The van der Waals surface area contributed by atoms with Gasteiger partial charge in [0.25, 0.3) is 5.91 Å². The third kappa shape index (κ3) is 4.01. The van der Waals surface area contributed by atoms with Crippen LogP contribution in [-0.4, -0.2) is 52.3 Å². The number of carbonyl (C=O) groups is 2. The summed E-state index contributed by atoms with van der Waals surface area (Å²) < 4.78 is 0. The van der Waals surface area contributed by atoms with Crippen LogP contribution in [0, 0.1) is 0 Å². The average Bonchev–Trinajstić information content (AvgIpc) is 3.49. The number of benzene rings is 3. The molecule has 1 fully saturated rings. The van der Waals surface area contributed by atoms with Crippen molar-refractivity contribution in [1.29, 1.82) is 0 Å². The lowest BCUT2D eigenvalue weighted by Gasteiger charge is -2.36. The van der Waals surface area contributed by atoms with Gasteiger partial charge in [-0.2, -0.15) is 0 Å². The molecule has 2 heterocycles. The SMILES string of the molecule is CN(C(=O)O)c1nc2ccc(C3(O)c4ccccc4C(=O)N3c3cccc(N(C)C4CCCCC4)c3)cc2[nH]1. The third-order valence-electron chi connectivity index (χ3n) is 8.15. The number of hydrogen-bond donors (Lipinski definition) is 3. The molecule has 3 aromatic carbocycles. The van der Waals surface area contributed by atoms with E-state index in [1.165, 1.54) is 31.2 Å². The Morgan fingerprint density at radius 2 is 1.79 bits per heavy atom. The van der Waals surface area contributed by atoms with Crippen LogP contribution in [0.25, 0.3) is 11.0 Å². The van der Waals surface area contributed by atoms with Crippen molar-refractivity contribution < 1.29 is 19.8 Å². The number of fused-ring (bicyclic) bond motifs is 2. The maximum absolute atomic E-state index is 13.9. The Bertz CT molecular complexity index is 1580. The number of nitrogens with one attached hydrogen (secondary N) is 1. The van der Waals surface area contributed by atoms with Gasteiger partial charge in [0.1, 0.15) is 0 Å². The minimum Gasteiger partial charge on any atom is -0.465 e. The zero-order valence-electron chi connectivity index (χ0n) is 22.0. The molecule has 0 spiro atoms. The first-order valence-electron chi connectivity index (χ1n) is 13.3. The smallest absolute Gasteiger partial charge is 0.413 e. The average molecular weight is 526 g/mol. The van der Waals surface area contributed by atoms with Crippen molar-refractivity contribution in [2.45, 2.75) is 43.9 Å². The quantitative estimate of drug-likeness (QED) is 0.326. The van der Waals surface area contributed by atoms with E-state index in [9.17, 15) is 19.8 Å². The minimum atomic E-state index is -1.78. The second kappa shape index (κ2) is 9.43. The summed E-state index contributed by atoms with van der Waals surface area (Å²) in [6, 6.07) is 20.5. The molecule has 9 heteroatoms. The number of H-pyrrole nitrogens is 1. The van der Waals surface area contributed by atoms with Crippen LogP contribution in [0.5, 0.6) is 0 Å². The standard InChI is InChI=1S/C30H31N5O4/c1-33(20-9-4-3-5-10-20)21-11-8-12-22(18-21)35-27(36)23-13-6-7-14-24(23)30(35,39)19-15-16-25-26(17-19)32-28(31-25)34(2)29(37)38/h6-8,11-18,20,39H,3-5,9-10H2,1-2H3,(H,31,32)(H,37,38). The first-order valence-corrected chi connectivity index (χ1v) is 13.3. The van der Waals surface area contributed by atoms with Gasteiger partial charge in [-0.1, -0.05) is 49.6 Å².